The van der Waals surface area contributed by atoms with E-state index in [-0.39, 0.29) is 10.6 Å². The molecular formula is C20H18N2O4S2. The van der Waals surface area contributed by atoms with Gasteiger partial charge in [-0.1, -0.05) is 54.1 Å². The van der Waals surface area contributed by atoms with Gasteiger partial charge in [-0.3, -0.25) is 10.1 Å². The number of hydrogen-bond acceptors (Lipinski definition) is 5. The van der Waals surface area contributed by atoms with Gasteiger partial charge in [-0.25, -0.2) is 8.42 Å². The van der Waals surface area contributed by atoms with Crippen molar-refractivity contribution in [3.05, 3.63) is 104 Å². The van der Waals surface area contributed by atoms with Gasteiger partial charge in [0.15, 0.2) is 0 Å². The van der Waals surface area contributed by atoms with Crippen LogP contribution >= 0.6 is 11.3 Å². The lowest BCUT2D eigenvalue weighted by molar-refractivity contribution is -0.429. The number of aryl methyl sites for hydroxylation is 1. The second-order valence-electron chi connectivity index (χ2n) is 6.12. The Labute approximate surface area is 167 Å². The van der Waals surface area contributed by atoms with Crippen molar-refractivity contribution < 1.29 is 13.3 Å². The first kappa shape index (κ1) is 19.9. The minimum atomic E-state index is -3.97. The van der Waals surface area contributed by atoms with Gasteiger partial charge in [-0.2, -0.15) is 4.72 Å². The van der Waals surface area contributed by atoms with Crippen molar-refractivity contribution in [1.82, 2.24) is 4.72 Å². The summed E-state index contributed by atoms with van der Waals surface area (Å²) < 4.78 is 28.3. The Bertz CT molecular complexity index is 1080. The van der Waals surface area contributed by atoms with Gasteiger partial charge < -0.3 is 0 Å². The SMILES string of the molecule is Cc1ccc(S(=O)(=O)NC(/C(=C/c2cccs2)[N+](=O)[O-])c2ccccc2)cc1. The summed E-state index contributed by atoms with van der Waals surface area (Å²) in [5, 5.41) is 13.6. The zero-order valence-electron chi connectivity index (χ0n) is 15.0. The van der Waals surface area contributed by atoms with Crippen molar-refractivity contribution in [2.75, 3.05) is 0 Å². The van der Waals surface area contributed by atoms with Crippen LogP contribution in [0.5, 0.6) is 0 Å². The lowest BCUT2D eigenvalue weighted by atomic mass is 10.0. The Balaban J connectivity index is 2.07. The molecular weight excluding hydrogens is 396 g/mol. The molecule has 6 nitrogen and oxygen atoms in total. The van der Waals surface area contributed by atoms with Gasteiger partial charge in [0.2, 0.25) is 10.0 Å². The van der Waals surface area contributed by atoms with E-state index in [1.54, 1.807) is 60.0 Å². The van der Waals surface area contributed by atoms with Crippen molar-refractivity contribution >= 4 is 27.4 Å². The van der Waals surface area contributed by atoms with E-state index in [1.165, 1.54) is 29.5 Å². The molecule has 0 bridgehead atoms. The number of thiophene rings is 1. The summed E-state index contributed by atoms with van der Waals surface area (Å²) in [6, 6.07) is 17.2. The van der Waals surface area contributed by atoms with Gasteiger partial charge in [-0.05, 0) is 36.1 Å². The summed E-state index contributed by atoms with van der Waals surface area (Å²) in [6.07, 6.45) is 1.40. The Morgan fingerprint density at radius 3 is 2.32 bits per heavy atom. The van der Waals surface area contributed by atoms with E-state index in [4.69, 9.17) is 0 Å². The zero-order chi connectivity index (χ0) is 20.1. The van der Waals surface area contributed by atoms with E-state index in [0.717, 1.165) is 5.56 Å². The maximum atomic E-state index is 12.9. The molecule has 0 aliphatic carbocycles. The quantitative estimate of drug-likeness (QED) is 0.458. The summed E-state index contributed by atoms with van der Waals surface area (Å²) in [6.45, 7) is 1.85. The molecule has 144 valence electrons. The molecule has 8 heteroatoms. The van der Waals surface area contributed by atoms with E-state index >= 15 is 0 Å². The fourth-order valence-corrected chi connectivity index (χ4v) is 4.50. The minimum absolute atomic E-state index is 0.0536. The average Bonchev–Trinajstić information content (AvgIpc) is 3.19. The molecule has 0 fully saturated rings. The smallest absolute Gasteiger partial charge is 0.259 e. The van der Waals surface area contributed by atoms with Crippen molar-refractivity contribution in [3.8, 4) is 0 Å². The third kappa shape index (κ3) is 4.72. The average molecular weight is 415 g/mol. The summed E-state index contributed by atoms with van der Waals surface area (Å²) >= 11 is 1.34. The highest BCUT2D eigenvalue weighted by atomic mass is 32.2. The van der Waals surface area contributed by atoms with Crippen molar-refractivity contribution in [2.24, 2.45) is 0 Å². The van der Waals surface area contributed by atoms with Crippen LogP contribution in [0.4, 0.5) is 0 Å². The predicted molar refractivity (Wildman–Crippen MR) is 110 cm³/mol. The van der Waals surface area contributed by atoms with E-state index in [9.17, 15) is 18.5 Å². The molecule has 1 aromatic heterocycles. The van der Waals surface area contributed by atoms with Gasteiger partial charge >= 0.3 is 0 Å². The Morgan fingerprint density at radius 1 is 1.07 bits per heavy atom. The zero-order valence-corrected chi connectivity index (χ0v) is 16.6. The van der Waals surface area contributed by atoms with Crippen LogP contribution in [0.3, 0.4) is 0 Å². The van der Waals surface area contributed by atoms with Crippen LogP contribution in [-0.2, 0) is 10.0 Å². The third-order valence-electron chi connectivity index (χ3n) is 4.08. The van der Waals surface area contributed by atoms with Crippen LogP contribution < -0.4 is 4.72 Å². The van der Waals surface area contributed by atoms with E-state index in [1.807, 2.05) is 6.92 Å². The van der Waals surface area contributed by atoms with Gasteiger partial charge in [0, 0.05) is 11.0 Å². The molecule has 28 heavy (non-hydrogen) atoms. The molecule has 3 aromatic rings. The third-order valence-corrected chi connectivity index (χ3v) is 6.34. The normalized spacial score (nSPS) is 13.2. The van der Waals surface area contributed by atoms with Crippen LogP contribution in [0.15, 0.2) is 82.7 Å². The van der Waals surface area contributed by atoms with E-state index in [0.29, 0.717) is 10.4 Å². The molecule has 0 aliphatic rings. The molecule has 1 unspecified atom stereocenters. The molecule has 1 atom stereocenters. The fourth-order valence-electron chi connectivity index (χ4n) is 2.65. The first-order chi connectivity index (χ1) is 13.4. The van der Waals surface area contributed by atoms with Gasteiger partial charge in [0.25, 0.3) is 5.70 Å². The van der Waals surface area contributed by atoms with Crippen molar-refractivity contribution in [2.45, 2.75) is 17.9 Å². The van der Waals surface area contributed by atoms with Crippen molar-refractivity contribution in [1.29, 1.82) is 0 Å². The first-order valence-electron chi connectivity index (χ1n) is 8.40. The first-order valence-corrected chi connectivity index (χ1v) is 10.8. The summed E-state index contributed by atoms with van der Waals surface area (Å²) in [7, 11) is -3.97. The second-order valence-corrected chi connectivity index (χ2v) is 8.81. The second kappa shape index (κ2) is 8.47. The molecule has 0 spiro atoms. The number of nitro groups is 1. The molecule has 1 N–H and O–H groups in total. The largest absolute Gasteiger partial charge is 0.269 e. The predicted octanol–water partition coefficient (Wildman–Crippen LogP) is 4.39. The number of benzene rings is 2. The van der Waals surface area contributed by atoms with Gasteiger partial charge in [0.05, 0.1) is 9.82 Å². The standard InChI is InChI=1S/C20H18N2O4S2/c1-15-9-11-18(12-10-15)28(25,26)21-20(16-6-3-2-4-7-16)19(22(23)24)14-17-8-5-13-27-17/h2-14,20-21H,1H3/b19-14-. The highest BCUT2D eigenvalue weighted by Crippen LogP contribution is 2.28. The fraction of sp³-hybridized carbons (Fsp3) is 0.100. The highest BCUT2D eigenvalue weighted by Gasteiger charge is 2.31. The number of rotatable bonds is 7. The lowest BCUT2D eigenvalue weighted by Gasteiger charge is -2.17. The Kier molecular flexibility index (Phi) is 6.03. The number of nitrogens with one attached hydrogen (secondary N) is 1. The molecule has 0 amide bonds. The number of sulfonamides is 1. The maximum Gasteiger partial charge on any atom is 0.269 e. The molecule has 2 aromatic carbocycles. The topological polar surface area (TPSA) is 89.3 Å². The lowest BCUT2D eigenvalue weighted by Crippen LogP contribution is -2.32. The highest BCUT2D eigenvalue weighted by molar-refractivity contribution is 7.89. The summed E-state index contributed by atoms with van der Waals surface area (Å²) in [4.78, 5) is 12.0. The maximum absolute atomic E-state index is 12.9. The van der Waals surface area contributed by atoms with Crippen LogP contribution in [0.2, 0.25) is 0 Å². The number of nitrogens with zero attached hydrogens (tertiary/aromatic N) is 1. The van der Waals surface area contributed by atoms with E-state index < -0.39 is 21.0 Å². The molecule has 1 heterocycles. The summed E-state index contributed by atoms with van der Waals surface area (Å²) in [5.41, 5.74) is 1.16. The molecule has 0 radical (unpaired) electrons. The molecule has 3 rings (SSSR count). The molecule has 0 saturated heterocycles. The van der Waals surface area contributed by atoms with Crippen LogP contribution in [0.1, 0.15) is 22.0 Å². The van der Waals surface area contributed by atoms with Crippen LogP contribution in [0.25, 0.3) is 6.08 Å². The van der Waals surface area contributed by atoms with Crippen molar-refractivity contribution in [3.63, 3.8) is 0 Å². The number of hydrogen-bond donors (Lipinski definition) is 1. The van der Waals surface area contributed by atoms with Gasteiger partial charge in [0.1, 0.15) is 6.04 Å². The minimum Gasteiger partial charge on any atom is -0.259 e. The van der Waals surface area contributed by atoms with Gasteiger partial charge in [-0.15, -0.1) is 11.3 Å². The Morgan fingerprint density at radius 2 is 1.75 bits per heavy atom. The molecule has 0 saturated carbocycles. The monoisotopic (exact) mass is 414 g/mol. The van der Waals surface area contributed by atoms with Crippen LogP contribution in [0, 0.1) is 17.0 Å². The van der Waals surface area contributed by atoms with E-state index in [2.05, 4.69) is 4.72 Å². The summed E-state index contributed by atoms with van der Waals surface area (Å²) in [5.74, 6) is 0. The Hall–Kier alpha value is -2.81. The molecule has 0 aliphatic heterocycles. The van der Waals surface area contributed by atoms with Crippen LogP contribution in [-0.4, -0.2) is 13.3 Å².